The van der Waals surface area contributed by atoms with Crippen molar-refractivity contribution in [1.29, 1.82) is 0 Å². The topological polar surface area (TPSA) is 40.7 Å². The minimum atomic E-state index is 0.704. The van der Waals surface area contributed by atoms with Gasteiger partial charge >= 0.3 is 0 Å². The first-order valence-electron chi connectivity index (χ1n) is 7.09. The molecule has 17 heavy (non-hydrogen) atoms. The molecule has 2 heterocycles. The predicted molar refractivity (Wildman–Crippen MR) is 69.2 cm³/mol. The van der Waals surface area contributed by atoms with Gasteiger partial charge in [0.25, 0.3) is 0 Å². The molecule has 1 saturated carbocycles. The monoisotopic (exact) mass is 233 g/mol. The van der Waals surface area contributed by atoms with Gasteiger partial charge in [-0.05, 0) is 45.2 Å². The number of hydrogen-bond acceptors (Lipinski definition) is 2. The third-order valence-electron chi connectivity index (χ3n) is 4.34. The lowest BCUT2D eigenvalue weighted by molar-refractivity contribution is 0.343. The fraction of sp³-hybridized carbons (Fsp3) is 0.786. The minimum absolute atomic E-state index is 0.704. The number of aryl methyl sites for hydroxylation is 1. The molecule has 1 saturated heterocycles. The summed E-state index contributed by atoms with van der Waals surface area (Å²) in [5.74, 6) is 2.79. The molecule has 3 rings (SSSR count). The highest BCUT2D eigenvalue weighted by atomic mass is 15.0. The van der Waals surface area contributed by atoms with Crippen LogP contribution in [-0.4, -0.2) is 23.1 Å². The van der Waals surface area contributed by atoms with Crippen LogP contribution >= 0.6 is 0 Å². The number of aromatic amines is 1. The summed E-state index contributed by atoms with van der Waals surface area (Å²) in [4.78, 5) is 8.41. The number of imidazole rings is 1. The lowest BCUT2D eigenvalue weighted by atomic mass is 9.89. The van der Waals surface area contributed by atoms with E-state index in [1.54, 1.807) is 0 Å². The average molecular weight is 233 g/mol. The van der Waals surface area contributed by atoms with E-state index in [0.717, 1.165) is 12.3 Å². The van der Waals surface area contributed by atoms with Crippen molar-refractivity contribution in [2.45, 2.75) is 51.4 Å². The van der Waals surface area contributed by atoms with Crippen LogP contribution < -0.4 is 5.32 Å². The Kier molecular flexibility index (Phi) is 3.19. The molecule has 94 valence electrons. The summed E-state index contributed by atoms with van der Waals surface area (Å²) in [6.07, 6.45) is 7.99. The van der Waals surface area contributed by atoms with Crippen LogP contribution in [0.3, 0.4) is 0 Å². The largest absolute Gasteiger partial charge is 0.346 e. The van der Waals surface area contributed by atoms with Crippen molar-refractivity contribution in [2.24, 2.45) is 5.92 Å². The Hall–Kier alpha value is -0.830. The summed E-state index contributed by atoms with van der Waals surface area (Å²) < 4.78 is 0. The predicted octanol–water partition coefficient (Wildman–Crippen LogP) is 2.53. The SMILES string of the molecule is Cc1[nH]c(C2CCCCC2)nc1CC1CNC1. The first-order valence-corrected chi connectivity index (χ1v) is 7.09. The van der Waals surface area contributed by atoms with Gasteiger partial charge in [0.1, 0.15) is 5.82 Å². The summed E-state index contributed by atoms with van der Waals surface area (Å²) in [5, 5.41) is 3.33. The van der Waals surface area contributed by atoms with Gasteiger partial charge in [0.2, 0.25) is 0 Å². The van der Waals surface area contributed by atoms with Gasteiger partial charge in [0.05, 0.1) is 5.69 Å². The zero-order valence-electron chi connectivity index (χ0n) is 10.8. The van der Waals surface area contributed by atoms with Gasteiger partial charge < -0.3 is 10.3 Å². The van der Waals surface area contributed by atoms with Crippen LogP contribution in [0.15, 0.2) is 0 Å². The van der Waals surface area contributed by atoms with Crippen molar-refractivity contribution < 1.29 is 0 Å². The second-order valence-corrected chi connectivity index (χ2v) is 5.76. The third-order valence-corrected chi connectivity index (χ3v) is 4.34. The molecule has 2 fully saturated rings. The van der Waals surface area contributed by atoms with Crippen LogP contribution in [0.4, 0.5) is 0 Å². The van der Waals surface area contributed by atoms with E-state index in [4.69, 9.17) is 4.98 Å². The molecule has 0 amide bonds. The van der Waals surface area contributed by atoms with E-state index in [1.807, 2.05) is 0 Å². The molecule has 1 aliphatic heterocycles. The van der Waals surface area contributed by atoms with Gasteiger partial charge in [-0.25, -0.2) is 4.98 Å². The number of hydrogen-bond donors (Lipinski definition) is 2. The van der Waals surface area contributed by atoms with Crippen molar-refractivity contribution in [3.63, 3.8) is 0 Å². The quantitative estimate of drug-likeness (QED) is 0.842. The van der Waals surface area contributed by atoms with E-state index in [0.29, 0.717) is 5.92 Å². The Balaban J connectivity index is 1.70. The van der Waals surface area contributed by atoms with E-state index in [2.05, 4.69) is 17.2 Å². The first kappa shape index (κ1) is 11.3. The summed E-state index contributed by atoms with van der Waals surface area (Å²) in [6, 6.07) is 0. The third kappa shape index (κ3) is 2.39. The first-order chi connectivity index (χ1) is 8.33. The maximum atomic E-state index is 4.87. The number of nitrogens with one attached hydrogen (secondary N) is 2. The molecule has 1 aliphatic carbocycles. The highest BCUT2D eigenvalue weighted by molar-refractivity contribution is 5.17. The summed E-state index contributed by atoms with van der Waals surface area (Å²) in [5.41, 5.74) is 2.62. The van der Waals surface area contributed by atoms with Crippen LogP contribution in [0.1, 0.15) is 55.2 Å². The molecule has 1 aromatic rings. The summed E-state index contributed by atoms with van der Waals surface area (Å²) >= 11 is 0. The molecule has 0 aromatic carbocycles. The highest BCUT2D eigenvalue weighted by Gasteiger charge is 2.23. The van der Waals surface area contributed by atoms with Crippen LogP contribution in [0.2, 0.25) is 0 Å². The number of nitrogens with zero attached hydrogens (tertiary/aromatic N) is 1. The molecular formula is C14H23N3. The molecule has 0 unspecified atom stereocenters. The number of rotatable bonds is 3. The lowest BCUT2D eigenvalue weighted by Crippen LogP contribution is -2.43. The molecule has 0 atom stereocenters. The molecule has 0 spiro atoms. The molecule has 3 heteroatoms. The average Bonchev–Trinajstić information content (AvgIpc) is 2.67. The van der Waals surface area contributed by atoms with Gasteiger partial charge in [0, 0.05) is 11.6 Å². The standard InChI is InChI=1S/C14H23N3/c1-10-13(7-11-8-15-9-11)17-14(16-10)12-5-3-2-4-6-12/h11-12,15H,2-9H2,1H3,(H,16,17). The zero-order valence-corrected chi connectivity index (χ0v) is 10.8. The van der Waals surface area contributed by atoms with Crippen LogP contribution in [0, 0.1) is 12.8 Å². The van der Waals surface area contributed by atoms with Gasteiger partial charge in [0.15, 0.2) is 0 Å². The fourth-order valence-electron chi connectivity index (χ4n) is 3.06. The molecule has 0 radical (unpaired) electrons. The fourth-order valence-corrected chi connectivity index (χ4v) is 3.06. The van der Waals surface area contributed by atoms with E-state index < -0.39 is 0 Å². The molecule has 2 N–H and O–H groups in total. The van der Waals surface area contributed by atoms with E-state index in [1.165, 1.54) is 62.4 Å². The van der Waals surface area contributed by atoms with E-state index >= 15 is 0 Å². The van der Waals surface area contributed by atoms with Crippen molar-refractivity contribution in [1.82, 2.24) is 15.3 Å². The van der Waals surface area contributed by atoms with Crippen molar-refractivity contribution in [3.05, 3.63) is 17.2 Å². The Morgan fingerprint density at radius 3 is 2.59 bits per heavy atom. The number of H-pyrrole nitrogens is 1. The Bertz CT molecular complexity index is 373. The van der Waals surface area contributed by atoms with Gasteiger partial charge in [-0.15, -0.1) is 0 Å². The maximum Gasteiger partial charge on any atom is 0.109 e. The van der Waals surface area contributed by atoms with Gasteiger partial charge in [-0.1, -0.05) is 19.3 Å². The van der Waals surface area contributed by atoms with Crippen molar-refractivity contribution in [2.75, 3.05) is 13.1 Å². The molecule has 1 aromatic heterocycles. The lowest BCUT2D eigenvalue weighted by Gasteiger charge is -2.26. The Morgan fingerprint density at radius 1 is 1.18 bits per heavy atom. The van der Waals surface area contributed by atoms with Crippen LogP contribution in [0.5, 0.6) is 0 Å². The van der Waals surface area contributed by atoms with Gasteiger partial charge in [-0.3, -0.25) is 0 Å². The second kappa shape index (κ2) is 4.81. The zero-order chi connectivity index (χ0) is 11.7. The van der Waals surface area contributed by atoms with Crippen molar-refractivity contribution >= 4 is 0 Å². The molecular weight excluding hydrogens is 210 g/mol. The van der Waals surface area contributed by atoms with E-state index in [9.17, 15) is 0 Å². The smallest absolute Gasteiger partial charge is 0.109 e. The Labute approximate surface area is 103 Å². The summed E-state index contributed by atoms with van der Waals surface area (Å²) in [7, 11) is 0. The van der Waals surface area contributed by atoms with E-state index in [-0.39, 0.29) is 0 Å². The molecule has 3 nitrogen and oxygen atoms in total. The maximum absolute atomic E-state index is 4.87. The van der Waals surface area contributed by atoms with Crippen molar-refractivity contribution in [3.8, 4) is 0 Å². The molecule has 2 aliphatic rings. The van der Waals surface area contributed by atoms with Crippen LogP contribution in [0.25, 0.3) is 0 Å². The number of aromatic nitrogens is 2. The normalized spacial score (nSPS) is 22.6. The second-order valence-electron chi connectivity index (χ2n) is 5.76. The highest BCUT2D eigenvalue weighted by Crippen LogP contribution is 2.31. The van der Waals surface area contributed by atoms with Gasteiger partial charge in [-0.2, -0.15) is 0 Å². The molecule has 0 bridgehead atoms. The minimum Gasteiger partial charge on any atom is -0.346 e. The van der Waals surface area contributed by atoms with Crippen LogP contribution in [-0.2, 0) is 6.42 Å². The Morgan fingerprint density at radius 2 is 1.94 bits per heavy atom. The summed E-state index contributed by atoms with van der Waals surface area (Å²) in [6.45, 7) is 4.52.